The molecule has 1 aromatic rings. The van der Waals surface area contributed by atoms with Crippen molar-refractivity contribution in [1.29, 1.82) is 0 Å². The van der Waals surface area contributed by atoms with Gasteiger partial charge in [0.15, 0.2) is 0 Å². The van der Waals surface area contributed by atoms with Crippen molar-refractivity contribution in [2.45, 2.75) is 6.92 Å². The summed E-state index contributed by atoms with van der Waals surface area (Å²) in [5.74, 6) is 5.15. The summed E-state index contributed by atoms with van der Waals surface area (Å²) in [6.45, 7) is 2.69. The molecule has 64 valence electrons. The topological polar surface area (TPSA) is 0 Å². The summed E-state index contributed by atoms with van der Waals surface area (Å²) in [4.78, 5) is 0. The maximum absolute atomic E-state index is 2.28. The molecule has 0 fully saturated rings. The molecule has 0 saturated heterocycles. The van der Waals surface area contributed by atoms with Crippen LogP contribution in [0.4, 0.5) is 0 Å². The highest BCUT2D eigenvalue weighted by atomic mass is 13.9. The van der Waals surface area contributed by atoms with Gasteiger partial charge in [0.2, 0.25) is 6.71 Å². The zero-order chi connectivity index (χ0) is 9.10. The van der Waals surface area contributed by atoms with E-state index in [1.165, 1.54) is 5.46 Å². The minimum atomic E-state index is 0.484. The molecule has 1 heterocycles. The van der Waals surface area contributed by atoms with Crippen molar-refractivity contribution in [3.63, 3.8) is 0 Å². The Morgan fingerprint density at radius 1 is 1.00 bits per heavy atom. The highest BCUT2D eigenvalue weighted by molar-refractivity contribution is 6.82. The van der Waals surface area contributed by atoms with Crippen LogP contribution < -0.4 is 5.46 Å². The zero-order valence-corrected chi connectivity index (χ0v) is 7.85. The molecule has 0 radical (unpaired) electrons. The highest BCUT2D eigenvalue weighted by Gasteiger charge is 2.11. The Balaban J connectivity index is 2.20. The van der Waals surface area contributed by atoms with Gasteiger partial charge in [-0.2, -0.15) is 0 Å². The number of hydrogen-bond acceptors (Lipinski definition) is 0. The van der Waals surface area contributed by atoms with Gasteiger partial charge in [-0.3, -0.25) is 0 Å². The third kappa shape index (κ3) is 1.92. The molecule has 1 aromatic carbocycles. The molecule has 0 spiro atoms. The molecule has 0 saturated carbocycles. The van der Waals surface area contributed by atoms with E-state index in [-0.39, 0.29) is 0 Å². The molecule has 2 rings (SSSR count). The summed E-state index contributed by atoms with van der Waals surface area (Å²) >= 11 is 0. The van der Waals surface area contributed by atoms with Crippen LogP contribution in [0.25, 0.3) is 0 Å². The monoisotopic (exact) mass is 168 g/mol. The van der Waals surface area contributed by atoms with Crippen LogP contribution in [0.15, 0.2) is 54.4 Å². The van der Waals surface area contributed by atoms with Crippen molar-refractivity contribution in [1.82, 2.24) is 0 Å². The van der Waals surface area contributed by atoms with Crippen molar-refractivity contribution in [3.05, 3.63) is 54.4 Å². The van der Waals surface area contributed by atoms with Crippen LogP contribution in [-0.2, 0) is 0 Å². The van der Waals surface area contributed by atoms with Crippen LogP contribution in [0.5, 0.6) is 0 Å². The molecule has 1 aliphatic rings. The van der Waals surface area contributed by atoms with Gasteiger partial charge in [-0.15, -0.1) is 12.0 Å². The van der Waals surface area contributed by atoms with E-state index in [0.29, 0.717) is 12.6 Å². The van der Waals surface area contributed by atoms with Crippen molar-refractivity contribution >= 4 is 12.2 Å². The number of benzene rings is 1. The first-order valence-electron chi connectivity index (χ1n) is 4.78. The molecule has 0 amide bonds. The lowest BCUT2D eigenvalue weighted by Crippen LogP contribution is -2.27. The second-order valence-electron chi connectivity index (χ2n) is 3.57. The van der Waals surface area contributed by atoms with Gasteiger partial charge in [0.1, 0.15) is 0 Å². The number of rotatable bonds is 1. The Bertz CT molecular complexity index is 310. The van der Waals surface area contributed by atoms with Gasteiger partial charge >= 0.3 is 0 Å². The first-order chi connectivity index (χ1) is 6.36. The molecule has 13 heavy (non-hydrogen) atoms. The fraction of sp³-hybridized carbons (Fsp3) is 0.167. The molecule has 1 heteroatoms. The number of allylic oxidation sites excluding steroid dienone is 2. The summed E-state index contributed by atoms with van der Waals surface area (Å²) in [6, 6.07) is 10.6. The zero-order valence-electron chi connectivity index (χ0n) is 7.85. The normalized spacial score (nSPS) is 16.5. The third-order valence-corrected chi connectivity index (χ3v) is 2.43. The quantitative estimate of drug-likeness (QED) is 0.564. The molecule has 0 bridgehead atoms. The first kappa shape index (κ1) is 8.37. The van der Waals surface area contributed by atoms with Crippen LogP contribution in [0.3, 0.4) is 0 Å². The molecule has 1 aliphatic heterocycles. The van der Waals surface area contributed by atoms with Gasteiger partial charge in [0, 0.05) is 0 Å². The Hall–Kier alpha value is -1.24. The summed E-state index contributed by atoms with van der Waals surface area (Å²) in [7, 11) is 0. The van der Waals surface area contributed by atoms with E-state index < -0.39 is 0 Å². The van der Waals surface area contributed by atoms with Crippen LogP contribution in [0, 0.1) is 5.92 Å². The lowest BCUT2D eigenvalue weighted by Gasteiger charge is -2.10. The van der Waals surface area contributed by atoms with E-state index in [2.05, 4.69) is 61.4 Å². The fourth-order valence-corrected chi connectivity index (χ4v) is 1.62. The summed E-state index contributed by atoms with van der Waals surface area (Å²) < 4.78 is 0. The van der Waals surface area contributed by atoms with Crippen LogP contribution in [0.2, 0.25) is 0 Å². The van der Waals surface area contributed by atoms with E-state index in [1.54, 1.807) is 0 Å². The van der Waals surface area contributed by atoms with Crippen molar-refractivity contribution in [2.75, 3.05) is 0 Å². The van der Waals surface area contributed by atoms with Gasteiger partial charge in [-0.1, -0.05) is 54.9 Å². The second-order valence-corrected chi connectivity index (χ2v) is 3.57. The maximum Gasteiger partial charge on any atom is 0.225 e. The van der Waals surface area contributed by atoms with Gasteiger partial charge < -0.3 is 0 Å². The van der Waals surface area contributed by atoms with E-state index in [9.17, 15) is 0 Å². The van der Waals surface area contributed by atoms with E-state index in [4.69, 9.17) is 0 Å². The lowest BCUT2D eigenvalue weighted by atomic mass is 9.43. The van der Waals surface area contributed by atoms with Crippen molar-refractivity contribution in [3.8, 4) is 0 Å². The van der Waals surface area contributed by atoms with Gasteiger partial charge in [0.05, 0.1) is 0 Å². The molecule has 0 N–H and O–H groups in total. The third-order valence-electron chi connectivity index (χ3n) is 2.43. The Kier molecular flexibility index (Phi) is 2.35. The van der Waals surface area contributed by atoms with E-state index >= 15 is 0 Å². The molecular weight excluding hydrogens is 155 g/mol. The summed E-state index contributed by atoms with van der Waals surface area (Å²) in [5, 5.41) is 0. The smallest absolute Gasteiger partial charge is 0.109 e. The van der Waals surface area contributed by atoms with Gasteiger partial charge in [-0.25, -0.2) is 0 Å². The van der Waals surface area contributed by atoms with E-state index in [1.807, 2.05) is 0 Å². The van der Waals surface area contributed by atoms with Crippen LogP contribution >= 0.6 is 0 Å². The summed E-state index contributed by atoms with van der Waals surface area (Å²) in [6.07, 6.45) is 4.52. The average molecular weight is 168 g/mol. The maximum atomic E-state index is 2.28. The largest absolute Gasteiger partial charge is 0.225 e. The van der Waals surface area contributed by atoms with Crippen LogP contribution in [0.1, 0.15) is 6.92 Å². The van der Waals surface area contributed by atoms with Crippen molar-refractivity contribution < 1.29 is 0 Å². The SMILES string of the molecule is CC1C=CB(c2ccccc2)C=C1. The highest BCUT2D eigenvalue weighted by Crippen LogP contribution is 2.07. The molecule has 0 atom stereocenters. The van der Waals surface area contributed by atoms with Gasteiger partial charge in [-0.05, 0) is 5.92 Å². The first-order valence-corrected chi connectivity index (χ1v) is 4.78. The standard InChI is InChI=1S/C12H13B/c1-11-7-9-13(10-8-11)12-5-3-2-4-6-12/h2-11H,1H3. The predicted molar refractivity (Wildman–Crippen MR) is 59.3 cm³/mol. The Morgan fingerprint density at radius 3 is 2.23 bits per heavy atom. The molecule has 0 aliphatic carbocycles. The minimum absolute atomic E-state index is 0.484. The fourth-order valence-electron chi connectivity index (χ4n) is 1.62. The average Bonchev–Trinajstić information content (AvgIpc) is 2.20. The minimum Gasteiger partial charge on any atom is -0.109 e. The summed E-state index contributed by atoms with van der Waals surface area (Å²) in [5.41, 5.74) is 1.38. The van der Waals surface area contributed by atoms with Crippen molar-refractivity contribution in [2.24, 2.45) is 5.92 Å². The lowest BCUT2D eigenvalue weighted by molar-refractivity contribution is 0.939. The molecule has 0 unspecified atom stereocenters. The molecule has 0 nitrogen and oxygen atoms in total. The van der Waals surface area contributed by atoms with Gasteiger partial charge in [0.25, 0.3) is 0 Å². The molecule has 0 aromatic heterocycles. The van der Waals surface area contributed by atoms with Crippen LogP contribution in [-0.4, -0.2) is 6.71 Å². The second kappa shape index (κ2) is 3.65. The predicted octanol–water partition coefficient (Wildman–Crippen LogP) is 2.23. The van der Waals surface area contributed by atoms with E-state index in [0.717, 1.165) is 0 Å². The Labute approximate surface area is 80.1 Å². The number of hydrogen-bond donors (Lipinski definition) is 0. The molecular formula is C12H13B. The Morgan fingerprint density at radius 2 is 1.62 bits per heavy atom.